The average Bonchev–Trinajstić information content (AvgIpc) is 2.27. The monoisotopic (exact) mass is 251 g/mol. The van der Waals surface area contributed by atoms with Crippen molar-refractivity contribution < 1.29 is 13.7 Å². The first-order valence-corrected chi connectivity index (χ1v) is 5.89. The van der Waals surface area contributed by atoms with Gasteiger partial charge in [0.25, 0.3) is 5.69 Å². The van der Waals surface area contributed by atoms with Gasteiger partial charge >= 0.3 is 0 Å². The van der Waals surface area contributed by atoms with Gasteiger partial charge in [0.15, 0.2) is 0 Å². The number of hydrogen-bond acceptors (Lipinski definition) is 5. The molecule has 1 unspecified atom stereocenters. The van der Waals surface area contributed by atoms with Gasteiger partial charge in [0.05, 0.1) is 10.4 Å². The highest BCUT2D eigenvalue weighted by Crippen LogP contribution is 2.19. The molecular formula is C10H7N2O4S-. The summed E-state index contributed by atoms with van der Waals surface area (Å²) in [7, 11) is 0. The van der Waals surface area contributed by atoms with Crippen LogP contribution in [0.25, 0.3) is 10.9 Å². The molecule has 1 aromatic carbocycles. The Hall–Kier alpha value is -1.86. The molecule has 0 spiro atoms. The first-order valence-electron chi connectivity index (χ1n) is 4.65. The summed E-state index contributed by atoms with van der Waals surface area (Å²) in [5, 5.41) is 11.2. The van der Waals surface area contributed by atoms with Crippen LogP contribution < -0.4 is 0 Å². The molecule has 6 nitrogen and oxygen atoms in total. The van der Waals surface area contributed by atoms with Crippen molar-refractivity contribution in [3.05, 3.63) is 46.1 Å². The Kier molecular flexibility index (Phi) is 3.12. The predicted molar refractivity (Wildman–Crippen MR) is 61.0 cm³/mol. The lowest BCUT2D eigenvalue weighted by molar-refractivity contribution is -0.385. The molecule has 0 saturated heterocycles. The van der Waals surface area contributed by atoms with Crippen LogP contribution in [0.2, 0.25) is 0 Å². The van der Waals surface area contributed by atoms with Gasteiger partial charge in [-0.3, -0.25) is 14.3 Å². The van der Waals surface area contributed by atoms with Gasteiger partial charge in [-0.1, -0.05) is 23.2 Å². The van der Waals surface area contributed by atoms with Crippen LogP contribution >= 0.6 is 0 Å². The Balaban J connectivity index is 2.46. The van der Waals surface area contributed by atoms with Crippen LogP contribution in [-0.2, 0) is 16.8 Å². The van der Waals surface area contributed by atoms with Crippen LogP contribution in [0.15, 0.2) is 30.5 Å². The Labute approximate surface area is 98.7 Å². The van der Waals surface area contributed by atoms with Crippen molar-refractivity contribution in [1.29, 1.82) is 0 Å². The minimum absolute atomic E-state index is 0.0855. The Morgan fingerprint density at radius 1 is 1.35 bits per heavy atom. The van der Waals surface area contributed by atoms with Gasteiger partial charge in [-0.25, -0.2) is 4.98 Å². The minimum Gasteiger partial charge on any atom is -0.772 e. The van der Waals surface area contributed by atoms with Gasteiger partial charge in [0.1, 0.15) is 6.20 Å². The summed E-state index contributed by atoms with van der Waals surface area (Å²) in [6.45, 7) is 0. The number of benzene rings is 1. The van der Waals surface area contributed by atoms with Crippen molar-refractivity contribution in [3.8, 4) is 0 Å². The summed E-state index contributed by atoms with van der Waals surface area (Å²) in [4.78, 5) is 13.9. The van der Waals surface area contributed by atoms with E-state index < -0.39 is 16.0 Å². The molecule has 1 aromatic heterocycles. The first kappa shape index (κ1) is 11.6. The smallest absolute Gasteiger partial charge is 0.288 e. The highest BCUT2D eigenvalue weighted by Gasteiger charge is 2.07. The molecule has 0 aliphatic heterocycles. The minimum atomic E-state index is -2.16. The third-order valence-electron chi connectivity index (χ3n) is 2.23. The zero-order valence-electron chi connectivity index (χ0n) is 8.53. The summed E-state index contributed by atoms with van der Waals surface area (Å²) in [6, 6.07) is 6.25. The fourth-order valence-electron chi connectivity index (χ4n) is 1.48. The molecule has 0 amide bonds. The molecule has 0 fully saturated rings. The Morgan fingerprint density at radius 2 is 2.12 bits per heavy atom. The van der Waals surface area contributed by atoms with Crippen molar-refractivity contribution >= 4 is 27.7 Å². The predicted octanol–water partition coefficient (Wildman–Crippen LogP) is 1.52. The quantitative estimate of drug-likeness (QED) is 0.468. The van der Waals surface area contributed by atoms with Gasteiger partial charge in [0, 0.05) is 17.2 Å². The molecule has 88 valence electrons. The molecule has 0 saturated carbocycles. The largest absolute Gasteiger partial charge is 0.772 e. The maximum absolute atomic E-state index is 10.5. The van der Waals surface area contributed by atoms with Gasteiger partial charge < -0.3 is 4.55 Å². The van der Waals surface area contributed by atoms with Gasteiger partial charge in [-0.2, -0.15) is 0 Å². The van der Waals surface area contributed by atoms with E-state index in [2.05, 4.69) is 4.98 Å². The van der Waals surface area contributed by atoms with Gasteiger partial charge in [-0.05, 0) is 11.6 Å². The highest BCUT2D eigenvalue weighted by molar-refractivity contribution is 7.78. The molecule has 0 aliphatic carbocycles. The third kappa shape index (κ3) is 2.63. The average molecular weight is 251 g/mol. The zero-order chi connectivity index (χ0) is 12.4. The molecular weight excluding hydrogens is 244 g/mol. The molecule has 2 rings (SSSR count). The second kappa shape index (κ2) is 4.56. The normalized spacial score (nSPS) is 12.5. The summed E-state index contributed by atoms with van der Waals surface area (Å²) in [5.41, 5.74) is 1.06. The van der Waals surface area contributed by atoms with Crippen LogP contribution in [0.3, 0.4) is 0 Å². The van der Waals surface area contributed by atoms with Gasteiger partial charge in [-0.15, -0.1) is 0 Å². The van der Waals surface area contributed by atoms with Crippen LogP contribution in [0.4, 0.5) is 5.69 Å². The second-order valence-corrected chi connectivity index (χ2v) is 4.32. The lowest BCUT2D eigenvalue weighted by Gasteiger charge is -2.05. The van der Waals surface area contributed by atoms with Crippen molar-refractivity contribution in [1.82, 2.24) is 4.98 Å². The van der Waals surface area contributed by atoms with Crippen LogP contribution in [0.5, 0.6) is 0 Å². The summed E-state index contributed by atoms with van der Waals surface area (Å²) < 4.78 is 21.1. The topological polar surface area (TPSA) is 96.2 Å². The first-order chi connectivity index (χ1) is 8.06. The van der Waals surface area contributed by atoms with E-state index in [0.29, 0.717) is 16.5 Å². The van der Waals surface area contributed by atoms with E-state index in [1.165, 1.54) is 6.07 Å². The summed E-state index contributed by atoms with van der Waals surface area (Å²) >= 11 is -2.16. The molecule has 0 bridgehead atoms. The number of hydrogen-bond donors (Lipinski definition) is 0. The van der Waals surface area contributed by atoms with Gasteiger partial charge in [0.2, 0.25) is 0 Å². The molecule has 2 aromatic rings. The number of aromatic nitrogens is 1. The van der Waals surface area contributed by atoms with E-state index in [0.717, 1.165) is 6.20 Å². The Bertz CT molecular complexity index is 614. The SMILES string of the molecule is O=[N+]([O-])c1cnc2cc(CS(=O)[O-])ccc2c1. The standard InChI is InChI=1S/C10H8N2O4S/c13-12(14)9-4-8-2-1-7(6-17(15)16)3-10(8)11-5-9/h1-5H,6H2,(H,15,16)/p-1. The molecule has 17 heavy (non-hydrogen) atoms. The molecule has 0 aliphatic rings. The van der Waals surface area contributed by atoms with E-state index in [4.69, 9.17) is 0 Å². The van der Waals surface area contributed by atoms with Crippen LogP contribution in [0, 0.1) is 10.1 Å². The van der Waals surface area contributed by atoms with Crippen molar-refractivity contribution in [3.63, 3.8) is 0 Å². The maximum atomic E-state index is 10.5. The van der Waals surface area contributed by atoms with Crippen molar-refractivity contribution in [2.75, 3.05) is 0 Å². The number of rotatable bonds is 3. The highest BCUT2D eigenvalue weighted by atomic mass is 32.2. The van der Waals surface area contributed by atoms with Crippen LogP contribution in [-0.4, -0.2) is 18.7 Å². The second-order valence-electron chi connectivity index (χ2n) is 3.43. The number of fused-ring (bicyclic) bond motifs is 1. The number of nitro groups is 1. The molecule has 7 heteroatoms. The van der Waals surface area contributed by atoms with E-state index >= 15 is 0 Å². The van der Waals surface area contributed by atoms with Crippen LogP contribution in [0.1, 0.15) is 5.56 Å². The van der Waals surface area contributed by atoms with E-state index in [-0.39, 0.29) is 11.4 Å². The third-order valence-corrected chi connectivity index (χ3v) is 2.80. The number of nitrogens with zero attached hydrogens (tertiary/aromatic N) is 2. The number of pyridine rings is 1. The van der Waals surface area contributed by atoms with Crippen molar-refractivity contribution in [2.24, 2.45) is 0 Å². The fraction of sp³-hybridized carbons (Fsp3) is 0.100. The van der Waals surface area contributed by atoms with E-state index in [1.54, 1.807) is 18.2 Å². The molecule has 1 atom stereocenters. The lowest BCUT2D eigenvalue weighted by Crippen LogP contribution is -1.94. The molecule has 1 heterocycles. The molecule has 0 radical (unpaired) electrons. The summed E-state index contributed by atoms with van der Waals surface area (Å²) in [5.74, 6) is -0.0887. The zero-order valence-corrected chi connectivity index (χ0v) is 9.35. The molecule has 0 N–H and O–H groups in total. The fourth-order valence-corrected chi connectivity index (χ4v) is 1.93. The maximum Gasteiger partial charge on any atom is 0.288 e. The van der Waals surface area contributed by atoms with E-state index in [1.807, 2.05) is 0 Å². The lowest BCUT2D eigenvalue weighted by atomic mass is 10.1. The Morgan fingerprint density at radius 3 is 2.76 bits per heavy atom. The van der Waals surface area contributed by atoms with E-state index in [9.17, 15) is 18.9 Å². The summed E-state index contributed by atoms with van der Waals surface area (Å²) in [6.07, 6.45) is 1.15. The van der Waals surface area contributed by atoms with Crippen molar-refractivity contribution in [2.45, 2.75) is 5.75 Å².